The number of carbonyl (C=O) groups excluding carboxylic acids is 2. The molecule has 8 nitrogen and oxygen atoms in total. The molecule has 2 aliphatic heterocycles. The predicted molar refractivity (Wildman–Crippen MR) is 116 cm³/mol. The van der Waals surface area contributed by atoms with Gasteiger partial charge in [-0.1, -0.05) is 52.9 Å². The zero-order chi connectivity index (χ0) is 22.2. The molecule has 0 radical (unpaired) electrons. The number of hydrogen-bond donors (Lipinski definition) is 2. The van der Waals surface area contributed by atoms with Crippen LogP contribution in [-0.2, 0) is 14.3 Å². The molecule has 2 N–H and O–H groups in total. The summed E-state index contributed by atoms with van der Waals surface area (Å²) >= 11 is 0. The van der Waals surface area contributed by atoms with Gasteiger partial charge in [-0.3, -0.25) is 4.79 Å². The van der Waals surface area contributed by atoms with Gasteiger partial charge in [0.2, 0.25) is 0 Å². The number of alkyl carbamates (subject to hydrolysis) is 1. The molecule has 0 aromatic heterocycles. The first-order valence-electron chi connectivity index (χ1n) is 11.5. The minimum Gasteiger partial charge on any atom is -0.439 e. The second kappa shape index (κ2) is 15.0. The molecule has 0 bridgehead atoms. The lowest BCUT2D eigenvalue weighted by Crippen LogP contribution is -2.54. The highest BCUT2D eigenvalue weighted by molar-refractivity contribution is 5.80. The summed E-state index contributed by atoms with van der Waals surface area (Å²) in [4.78, 5) is 25.2. The molecular formula is C22H40N4O4. The fraction of sp³-hybridized carbons (Fsp3) is 0.864. The molecule has 1 aliphatic carbocycles. The molecule has 0 atom stereocenters. The SMILES string of the molecule is CC.CC1CCCCC1.N#CC1(NC(=O)OCC(=O)N2CCOCC2)CCNCC1. The van der Waals surface area contributed by atoms with Crippen LogP contribution < -0.4 is 10.6 Å². The van der Waals surface area contributed by atoms with Crippen LogP contribution in [0.4, 0.5) is 4.79 Å². The topological polar surface area (TPSA) is 104 Å². The Kier molecular flexibility index (Phi) is 13.1. The second-order valence-corrected chi connectivity index (χ2v) is 7.88. The van der Waals surface area contributed by atoms with E-state index in [2.05, 4.69) is 23.6 Å². The van der Waals surface area contributed by atoms with E-state index in [4.69, 9.17) is 9.47 Å². The number of morpholine rings is 1. The van der Waals surface area contributed by atoms with E-state index in [0.717, 1.165) is 5.92 Å². The third-order valence-corrected chi connectivity index (χ3v) is 5.60. The largest absolute Gasteiger partial charge is 0.439 e. The molecule has 2 amide bonds. The number of carbonyl (C=O) groups is 2. The van der Waals surface area contributed by atoms with Gasteiger partial charge in [0, 0.05) is 13.1 Å². The van der Waals surface area contributed by atoms with Gasteiger partial charge in [-0.15, -0.1) is 0 Å². The zero-order valence-corrected chi connectivity index (χ0v) is 19.0. The van der Waals surface area contributed by atoms with Gasteiger partial charge < -0.3 is 25.0 Å². The van der Waals surface area contributed by atoms with Gasteiger partial charge in [0.15, 0.2) is 6.61 Å². The minimum atomic E-state index is -0.898. The Bertz CT molecular complexity index is 532. The summed E-state index contributed by atoms with van der Waals surface area (Å²) in [6.45, 7) is 9.41. The molecule has 2 saturated heterocycles. The van der Waals surface area contributed by atoms with Crippen molar-refractivity contribution >= 4 is 12.0 Å². The summed E-state index contributed by atoms with van der Waals surface area (Å²) in [6, 6.07) is 2.14. The standard InChI is InChI=1S/C13H20N4O4.C7H14.C2H6/c14-10-13(1-3-15-4-2-13)16-12(19)21-9-11(18)17-5-7-20-8-6-17;1-7-5-3-2-4-6-7;1-2/h15H,1-9H2,(H,16,19);7H,2-6H2,1H3;1-2H3. The lowest BCUT2D eigenvalue weighted by Gasteiger charge is -2.31. The van der Waals surface area contributed by atoms with Crippen LogP contribution in [0, 0.1) is 17.2 Å². The van der Waals surface area contributed by atoms with E-state index in [1.165, 1.54) is 32.1 Å². The lowest BCUT2D eigenvalue weighted by molar-refractivity contribution is -0.138. The van der Waals surface area contributed by atoms with E-state index in [0.29, 0.717) is 52.2 Å². The fourth-order valence-electron chi connectivity index (χ4n) is 3.69. The summed E-state index contributed by atoms with van der Waals surface area (Å²) in [5.74, 6) is 0.790. The molecule has 0 aromatic carbocycles. The Balaban J connectivity index is 0.000000418. The van der Waals surface area contributed by atoms with Crippen LogP contribution in [0.3, 0.4) is 0 Å². The van der Waals surface area contributed by atoms with Crippen LogP contribution in [-0.4, -0.2) is 68.4 Å². The van der Waals surface area contributed by atoms with Crippen molar-refractivity contribution in [3.05, 3.63) is 0 Å². The first-order valence-corrected chi connectivity index (χ1v) is 11.5. The lowest BCUT2D eigenvalue weighted by atomic mass is 9.90. The van der Waals surface area contributed by atoms with E-state index < -0.39 is 11.6 Å². The van der Waals surface area contributed by atoms with Crippen LogP contribution in [0.2, 0.25) is 0 Å². The first kappa shape index (κ1) is 26.2. The van der Waals surface area contributed by atoms with Crippen molar-refractivity contribution in [2.75, 3.05) is 46.0 Å². The maximum Gasteiger partial charge on any atom is 0.408 e. The van der Waals surface area contributed by atoms with Crippen molar-refractivity contribution in [2.24, 2.45) is 5.92 Å². The molecule has 0 unspecified atom stereocenters. The van der Waals surface area contributed by atoms with Gasteiger partial charge in [0.25, 0.3) is 5.91 Å². The summed E-state index contributed by atoms with van der Waals surface area (Å²) in [5.41, 5.74) is -0.898. The molecule has 30 heavy (non-hydrogen) atoms. The quantitative estimate of drug-likeness (QED) is 0.722. The number of piperidine rings is 1. The van der Waals surface area contributed by atoms with Gasteiger partial charge >= 0.3 is 6.09 Å². The van der Waals surface area contributed by atoms with Crippen molar-refractivity contribution in [2.45, 2.75) is 71.3 Å². The van der Waals surface area contributed by atoms with Crippen molar-refractivity contribution in [3.8, 4) is 6.07 Å². The molecule has 3 fully saturated rings. The molecule has 0 aromatic rings. The van der Waals surface area contributed by atoms with E-state index in [9.17, 15) is 14.9 Å². The Morgan fingerprint density at radius 1 is 1.17 bits per heavy atom. The number of nitrogens with one attached hydrogen (secondary N) is 2. The molecule has 172 valence electrons. The summed E-state index contributed by atoms with van der Waals surface area (Å²) < 4.78 is 10.1. The van der Waals surface area contributed by atoms with Gasteiger partial charge in [-0.25, -0.2) is 4.79 Å². The predicted octanol–water partition coefficient (Wildman–Crippen LogP) is 2.83. The average molecular weight is 425 g/mol. The van der Waals surface area contributed by atoms with Crippen molar-refractivity contribution in [1.82, 2.24) is 15.5 Å². The van der Waals surface area contributed by atoms with E-state index in [-0.39, 0.29) is 12.5 Å². The van der Waals surface area contributed by atoms with Crippen molar-refractivity contribution in [1.29, 1.82) is 5.26 Å². The van der Waals surface area contributed by atoms with Gasteiger partial charge in [-0.05, 0) is 31.8 Å². The molecule has 8 heteroatoms. The fourth-order valence-corrected chi connectivity index (χ4v) is 3.69. The Morgan fingerprint density at radius 3 is 2.27 bits per heavy atom. The van der Waals surface area contributed by atoms with Crippen LogP contribution in [0.1, 0.15) is 65.7 Å². The van der Waals surface area contributed by atoms with E-state index in [1.54, 1.807) is 4.90 Å². The van der Waals surface area contributed by atoms with Crippen LogP contribution in [0.25, 0.3) is 0 Å². The van der Waals surface area contributed by atoms with Crippen molar-refractivity contribution < 1.29 is 19.1 Å². The second-order valence-electron chi connectivity index (χ2n) is 7.88. The third-order valence-electron chi connectivity index (χ3n) is 5.60. The maximum absolute atomic E-state index is 11.8. The summed E-state index contributed by atoms with van der Waals surface area (Å²) in [6.07, 6.45) is 7.76. The number of nitrogens with zero attached hydrogens (tertiary/aromatic N) is 2. The van der Waals surface area contributed by atoms with Gasteiger partial charge in [0.1, 0.15) is 5.54 Å². The summed E-state index contributed by atoms with van der Waals surface area (Å²) in [5, 5.41) is 14.9. The Morgan fingerprint density at radius 2 is 1.77 bits per heavy atom. The Hall–Kier alpha value is -1.85. The van der Waals surface area contributed by atoms with E-state index >= 15 is 0 Å². The van der Waals surface area contributed by atoms with Crippen LogP contribution >= 0.6 is 0 Å². The van der Waals surface area contributed by atoms with Gasteiger partial charge in [0.05, 0.1) is 19.3 Å². The highest BCUT2D eigenvalue weighted by Crippen LogP contribution is 2.22. The van der Waals surface area contributed by atoms with Crippen LogP contribution in [0.15, 0.2) is 0 Å². The minimum absolute atomic E-state index is 0.246. The van der Waals surface area contributed by atoms with Crippen molar-refractivity contribution in [3.63, 3.8) is 0 Å². The molecular weight excluding hydrogens is 384 g/mol. The van der Waals surface area contributed by atoms with Gasteiger partial charge in [-0.2, -0.15) is 5.26 Å². The number of ether oxygens (including phenoxy) is 2. The highest BCUT2D eigenvalue weighted by Gasteiger charge is 2.34. The Labute approximate surface area is 181 Å². The molecule has 1 saturated carbocycles. The normalized spacial score (nSPS) is 20.9. The first-order chi connectivity index (χ1) is 14.5. The monoisotopic (exact) mass is 424 g/mol. The maximum atomic E-state index is 11.8. The third kappa shape index (κ3) is 9.77. The molecule has 3 rings (SSSR count). The van der Waals surface area contributed by atoms with Crippen LogP contribution in [0.5, 0.6) is 0 Å². The molecule has 3 aliphatic rings. The molecule has 0 spiro atoms. The number of nitriles is 1. The number of rotatable bonds is 3. The highest BCUT2D eigenvalue weighted by atomic mass is 16.6. The average Bonchev–Trinajstić information content (AvgIpc) is 2.81. The smallest absolute Gasteiger partial charge is 0.408 e. The number of hydrogen-bond acceptors (Lipinski definition) is 6. The zero-order valence-electron chi connectivity index (χ0n) is 19.0. The number of amides is 2. The molecule has 2 heterocycles. The van der Waals surface area contributed by atoms with E-state index in [1.807, 2.05) is 13.8 Å². The summed E-state index contributed by atoms with van der Waals surface area (Å²) in [7, 11) is 0.